The summed E-state index contributed by atoms with van der Waals surface area (Å²) >= 11 is 3.54. The number of anilines is 3. The van der Waals surface area contributed by atoms with Gasteiger partial charge in [0.1, 0.15) is 5.82 Å². The van der Waals surface area contributed by atoms with Crippen molar-refractivity contribution in [2.24, 2.45) is 11.7 Å². The number of hydrogen-bond donors (Lipinski definition) is 2. The fraction of sp³-hybridized carbons (Fsp3) is 0.318. The van der Waals surface area contributed by atoms with Crippen LogP contribution in [0.2, 0.25) is 0 Å². The Kier molecular flexibility index (Phi) is 4.72. The van der Waals surface area contributed by atoms with Crippen molar-refractivity contribution in [1.29, 1.82) is 0 Å². The van der Waals surface area contributed by atoms with Crippen molar-refractivity contribution in [2.75, 3.05) is 23.3 Å². The first kappa shape index (κ1) is 18.5. The predicted molar refractivity (Wildman–Crippen MR) is 119 cm³/mol. The highest BCUT2D eigenvalue weighted by Crippen LogP contribution is 2.38. The second kappa shape index (κ2) is 7.39. The molecule has 2 fully saturated rings. The zero-order valence-corrected chi connectivity index (χ0v) is 17.5. The Balaban J connectivity index is 1.50. The molecule has 0 bridgehead atoms. The van der Waals surface area contributed by atoms with Gasteiger partial charge in [0.15, 0.2) is 5.78 Å². The molecule has 6 nitrogen and oxygen atoms in total. The molecule has 29 heavy (non-hydrogen) atoms. The molecule has 0 spiro atoms. The van der Waals surface area contributed by atoms with Crippen molar-refractivity contribution in [2.45, 2.75) is 25.3 Å². The maximum atomic E-state index is 12.9. The molecule has 2 aromatic heterocycles. The smallest absolute Gasteiger partial charge is 0.169 e. The maximum absolute atomic E-state index is 12.9. The van der Waals surface area contributed by atoms with E-state index >= 15 is 0 Å². The number of nitrogens with one attached hydrogen (secondary N) is 1. The predicted octanol–water partition coefficient (Wildman–Crippen LogP) is 4.27. The molecule has 1 aliphatic heterocycles. The summed E-state index contributed by atoms with van der Waals surface area (Å²) in [5, 5.41) is 4.36. The highest BCUT2D eigenvalue weighted by molar-refractivity contribution is 9.10. The minimum absolute atomic E-state index is 0.127. The lowest BCUT2D eigenvalue weighted by Crippen LogP contribution is -2.26. The molecule has 148 valence electrons. The van der Waals surface area contributed by atoms with Crippen LogP contribution in [0.4, 0.5) is 17.2 Å². The van der Waals surface area contributed by atoms with E-state index in [1.54, 1.807) is 6.20 Å². The first-order valence-electron chi connectivity index (χ1n) is 9.94. The molecule has 3 heterocycles. The van der Waals surface area contributed by atoms with Crippen LogP contribution in [0.5, 0.6) is 0 Å². The van der Waals surface area contributed by atoms with Crippen molar-refractivity contribution in [3.63, 3.8) is 0 Å². The minimum Gasteiger partial charge on any atom is -0.355 e. The average molecular weight is 452 g/mol. The topological polar surface area (TPSA) is 84.1 Å². The molecule has 1 atom stereocenters. The quantitative estimate of drug-likeness (QED) is 0.563. The minimum atomic E-state index is 0.127. The van der Waals surface area contributed by atoms with Crippen LogP contribution >= 0.6 is 15.9 Å². The van der Waals surface area contributed by atoms with Crippen molar-refractivity contribution in [1.82, 2.24) is 9.97 Å². The molecule has 1 saturated carbocycles. The summed E-state index contributed by atoms with van der Waals surface area (Å²) in [6.45, 7) is 1.77. The van der Waals surface area contributed by atoms with Gasteiger partial charge in [0.25, 0.3) is 0 Å². The number of pyridine rings is 2. The zero-order chi connectivity index (χ0) is 20.0. The first-order valence-corrected chi connectivity index (χ1v) is 10.7. The number of fused-ring (bicyclic) bond motifs is 1. The van der Waals surface area contributed by atoms with Gasteiger partial charge in [-0.15, -0.1) is 0 Å². The lowest BCUT2D eigenvalue weighted by molar-refractivity contribution is 0.0968. The maximum Gasteiger partial charge on any atom is 0.169 e. The molecular formula is C22H22BrN5O. The van der Waals surface area contributed by atoms with Crippen LogP contribution in [0.15, 0.2) is 47.2 Å². The van der Waals surface area contributed by atoms with E-state index in [0.717, 1.165) is 64.9 Å². The van der Waals surface area contributed by atoms with E-state index in [9.17, 15) is 4.79 Å². The first-order chi connectivity index (χ1) is 14.1. The van der Waals surface area contributed by atoms with Crippen molar-refractivity contribution >= 4 is 49.8 Å². The number of halogens is 1. The molecular weight excluding hydrogens is 430 g/mol. The molecule has 7 heteroatoms. The molecule has 1 aromatic carbocycles. The zero-order valence-electron chi connectivity index (χ0n) is 15.9. The molecule has 3 N–H and O–H groups in total. The summed E-state index contributed by atoms with van der Waals surface area (Å²) in [7, 11) is 0. The number of hydrogen-bond acceptors (Lipinski definition) is 6. The Morgan fingerprint density at radius 1 is 1.14 bits per heavy atom. The molecule has 1 unspecified atom stereocenters. The standard InChI is InChI=1S/C22H22BrN5O/c23-14-3-5-19-17(9-14)21(18(11-25-19)22(29)13-1-2-13)27-16-4-6-20(26-10-16)28-8-7-15(24)12-28/h3-6,9-11,13,15H,1-2,7-8,12,24H2,(H,25,27). The van der Waals surface area contributed by atoms with Crippen LogP contribution in [0.25, 0.3) is 10.9 Å². The third-order valence-corrected chi connectivity index (χ3v) is 6.10. The summed E-state index contributed by atoms with van der Waals surface area (Å²) in [6, 6.07) is 10.1. The normalized spacial score (nSPS) is 19.0. The van der Waals surface area contributed by atoms with Crippen molar-refractivity contribution in [3.8, 4) is 0 Å². The summed E-state index contributed by atoms with van der Waals surface area (Å²) in [5.74, 6) is 1.22. The molecule has 3 aromatic rings. The Bertz CT molecular complexity index is 1080. The number of aromatic nitrogens is 2. The number of nitrogens with zero attached hydrogens (tertiary/aromatic N) is 3. The molecule has 1 saturated heterocycles. The fourth-order valence-corrected chi connectivity index (χ4v) is 4.20. The highest BCUT2D eigenvalue weighted by atomic mass is 79.9. The SMILES string of the molecule is NC1CCN(c2ccc(Nc3c(C(=O)C4CC4)cnc4ccc(Br)cc34)cn2)C1. The van der Waals surface area contributed by atoms with E-state index in [0.29, 0.717) is 5.56 Å². The Labute approximate surface area is 177 Å². The van der Waals surface area contributed by atoms with Crippen molar-refractivity contribution < 1.29 is 4.79 Å². The van der Waals surface area contributed by atoms with E-state index in [1.807, 2.05) is 36.5 Å². The number of ketones is 1. The van der Waals surface area contributed by atoms with Gasteiger partial charge in [-0.1, -0.05) is 15.9 Å². The van der Waals surface area contributed by atoms with Gasteiger partial charge >= 0.3 is 0 Å². The van der Waals surface area contributed by atoms with Crippen LogP contribution in [0, 0.1) is 5.92 Å². The van der Waals surface area contributed by atoms with Gasteiger partial charge in [0.2, 0.25) is 0 Å². The number of rotatable bonds is 5. The molecule has 5 rings (SSSR count). The number of carbonyl (C=O) groups is 1. The molecule has 0 amide bonds. The van der Waals surface area contributed by atoms with Crippen LogP contribution < -0.4 is 16.0 Å². The molecule has 2 aliphatic rings. The monoisotopic (exact) mass is 451 g/mol. The second-order valence-corrected chi connectivity index (χ2v) is 8.79. The Morgan fingerprint density at radius 3 is 2.69 bits per heavy atom. The second-order valence-electron chi connectivity index (χ2n) is 7.87. The van der Waals surface area contributed by atoms with E-state index in [2.05, 4.69) is 36.1 Å². The summed E-state index contributed by atoms with van der Waals surface area (Å²) in [4.78, 5) is 24.2. The lowest BCUT2D eigenvalue weighted by atomic mass is 10.0. The van der Waals surface area contributed by atoms with Gasteiger partial charge < -0.3 is 16.0 Å². The number of carbonyl (C=O) groups excluding carboxylic acids is 1. The van der Waals surface area contributed by atoms with Gasteiger partial charge in [-0.05, 0) is 49.6 Å². The van der Waals surface area contributed by atoms with E-state index in [-0.39, 0.29) is 17.7 Å². The van der Waals surface area contributed by atoms with Crippen LogP contribution in [-0.2, 0) is 0 Å². The third kappa shape index (κ3) is 3.72. The molecule has 0 radical (unpaired) electrons. The third-order valence-electron chi connectivity index (χ3n) is 5.61. The van der Waals surface area contributed by atoms with Crippen LogP contribution in [0.3, 0.4) is 0 Å². The average Bonchev–Trinajstić information content (AvgIpc) is 3.49. The fourth-order valence-electron chi connectivity index (χ4n) is 3.84. The van der Waals surface area contributed by atoms with E-state index in [1.165, 1.54) is 0 Å². The van der Waals surface area contributed by atoms with Gasteiger partial charge in [-0.25, -0.2) is 4.98 Å². The highest BCUT2D eigenvalue weighted by Gasteiger charge is 2.32. The Morgan fingerprint density at radius 2 is 2.00 bits per heavy atom. The van der Waals surface area contributed by atoms with E-state index in [4.69, 9.17) is 5.73 Å². The number of benzene rings is 1. The summed E-state index contributed by atoms with van der Waals surface area (Å²) < 4.78 is 0.949. The Hall–Kier alpha value is -2.51. The van der Waals surface area contributed by atoms with E-state index < -0.39 is 0 Å². The lowest BCUT2D eigenvalue weighted by Gasteiger charge is -2.18. The van der Waals surface area contributed by atoms with Gasteiger partial charge in [0.05, 0.1) is 28.7 Å². The van der Waals surface area contributed by atoms with Crippen molar-refractivity contribution in [3.05, 3.63) is 52.8 Å². The molecule has 1 aliphatic carbocycles. The number of nitrogens with two attached hydrogens (primary N) is 1. The van der Waals surface area contributed by atoms with Gasteiger partial charge in [-0.3, -0.25) is 9.78 Å². The summed E-state index contributed by atoms with van der Waals surface area (Å²) in [5.41, 5.74) is 9.14. The largest absolute Gasteiger partial charge is 0.355 e. The number of Topliss-reactive ketones (excluding diaryl/α,β-unsaturated/α-hetero) is 1. The van der Waals surface area contributed by atoms with Gasteiger partial charge in [-0.2, -0.15) is 0 Å². The van der Waals surface area contributed by atoms with Gasteiger partial charge in [0, 0.05) is 41.1 Å². The van der Waals surface area contributed by atoms with Crippen LogP contribution in [-0.4, -0.2) is 34.9 Å². The summed E-state index contributed by atoms with van der Waals surface area (Å²) in [6.07, 6.45) is 6.43. The van der Waals surface area contributed by atoms with Crippen LogP contribution in [0.1, 0.15) is 29.6 Å².